The molecular formula is C24H28N2O5S. The van der Waals surface area contributed by atoms with E-state index in [1.807, 2.05) is 13.8 Å². The molecule has 0 atom stereocenters. The first-order valence-electron chi connectivity index (χ1n) is 10.5. The van der Waals surface area contributed by atoms with Crippen molar-refractivity contribution in [2.24, 2.45) is 0 Å². The molecule has 0 aliphatic rings. The molecule has 0 unspecified atom stereocenters. The molecule has 1 N–H and O–H groups in total. The lowest BCUT2D eigenvalue weighted by atomic mass is 10.1. The minimum absolute atomic E-state index is 0.167. The van der Waals surface area contributed by atoms with Crippen LogP contribution < -0.4 is 5.32 Å². The molecule has 0 fully saturated rings. The standard InChI is InChI=1S/C24H28N2O5S/c1-17(2)30-15-7-14-25-23(27)19-10-12-20(13-11-19)24-26-22(18(3)31-24)16-32(28,29)21-8-5-4-6-9-21/h4-6,8-13,17H,7,14-16H2,1-3H3,(H,25,27). The van der Waals surface area contributed by atoms with Gasteiger partial charge in [0, 0.05) is 24.3 Å². The summed E-state index contributed by atoms with van der Waals surface area (Å²) in [6, 6.07) is 15.1. The number of oxazole rings is 1. The van der Waals surface area contributed by atoms with Gasteiger partial charge >= 0.3 is 0 Å². The van der Waals surface area contributed by atoms with Crippen molar-refractivity contribution >= 4 is 15.7 Å². The Morgan fingerprint density at radius 1 is 1.09 bits per heavy atom. The molecular weight excluding hydrogens is 428 g/mol. The highest BCUT2D eigenvalue weighted by molar-refractivity contribution is 7.90. The summed E-state index contributed by atoms with van der Waals surface area (Å²) >= 11 is 0. The van der Waals surface area contributed by atoms with Gasteiger partial charge in [-0.2, -0.15) is 0 Å². The van der Waals surface area contributed by atoms with Crippen LogP contribution in [0.5, 0.6) is 0 Å². The number of nitrogens with one attached hydrogen (secondary N) is 1. The van der Waals surface area contributed by atoms with Crippen LogP contribution in [-0.2, 0) is 20.3 Å². The Bertz CT molecular complexity index is 1140. The lowest BCUT2D eigenvalue weighted by molar-refractivity contribution is 0.0757. The summed E-state index contributed by atoms with van der Waals surface area (Å²) in [5.74, 6) is 0.357. The Morgan fingerprint density at radius 3 is 2.44 bits per heavy atom. The molecule has 0 saturated heterocycles. The van der Waals surface area contributed by atoms with Crippen LogP contribution in [0, 0.1) is 6.92 Å². The van der Waals surface area contributed by atoms with Crippen molar-refractivity contribution in [3.05, 3.63) is 71.6 Å². The first-order valence-corrected chi connectivity index (χ1v) is 12.2. The molecule has 7 nitrogen and oxygen atoms in total. The van der Waals surface area contributed by atoms with E-state index in [1.165, 1.54) is 0 Å². The SMILES string of the molecule is Cc1oc(-c2ccc(C(=O)NCCCOC(C)C)cc2)nc1CS(=O)(=O)c1ccccc1. The third-order valence-electron chi connectivity index (χ3n) is 4.77. The number of aromatic nitrogens is 1. The van der Waals surface area contributed by atoms with Crippen molar-refractivity contribution in [3.8, 4) is 11.5 Å². The molecule has 0 bridgehead atoms. The monoisotopic (exact) mass is 456 g/mol. The number of hydrogen-bond donors (Lipinski definition) is 1. The van der Waals surface area contributed by atoms with Gasteiger partial charge in [-0.25, -0.2) is 13.4 Å². The van der Waals surface area contributed by atoms with E-state index in [0.717, 1.165) is 6.42 Å². The van der Waals surface area contributed by atoms with Crippen molar-refractivity contribution in [2.75, 3.05) is 13.2 Å². The van der Waals surface area contributed by atoms with Gasteiger partial charge in [0.2, 0.25) is 5.89 Å². The number of sulfone groups is 1. The van der Waals surface area contributed by atoms with E-state index in [2.05, 4.69) is 10.3 Å². The highest BCUT2D eigenvalue weighted by atomic mass is 32.2. The molecule has 1 amide bonds. The molecule has 0 saturated carbocycles. The highest BCUT2D eigenvalue weighted by Crippen LogP contribution is 2.25. The quantitative estimate of drug-likeness (QED) is 0.460. The predicted molar refractivity (Wildman–Crippen MR) is 122 cm³/mol. The number of ether oxygens (including phenoxy) is 1. The number of benzene rings is 2. The Labute approximate surface area is 188 Å². The van der Waals surface area contributed by atoms with Gasteiger partial charge in [0.1, 0.15) is 11.5 Å². The third-order valence-corrected chi connectivity index (χ3v) is 6.42. The zero-order valence-corrected chi connectivity index (χ0v) is 19.3. The van der Waals surface area contributed by atoms with Crippen LogP contribution in [0.3, 0.4) is 0 Å². The van der Waals surface area contributed by atoms with E-state index in [-0.39, 0.29) is 22.7 Å². The average Bonchev–Trinajstić information content (AvgIpc) is 3.13. The van der Waals surface area contributed by atoms with Gasteiger partial charge in [-0.15, -0.1) is 0 Å². The van der Waals surface area contributed by atoms with Gasteiger partial charge in [-0.05, 0) is 63.6 Å². The fraction of sp³-hybridized carbons (Fsp3) is 0.333. The molecule has 1 aromatic heterocycles. The zero-order chi connectivity index (χ0) is 23.1. The number of amides is 1. The molecule has 0 spiro atoms. The number of hydrogen-bond acceptors (Lipinski definition) is 6. The maximum absolute atomic E-state index is 12.6. The summed E-state index contributed by atoms with van der Waals surface area (Å²) in [5, 5.41) is 2.86. The van der Waals surface area contributed by atoms with Crippen molar-refractivity contribution in [3.63, 3.8) is 0 Å². The first kappa shape index (κ1) is 23.7. The fourth-order valence-electron chi connectivity index (χ4n) is 3.04. The second-order valence-corrected chi connectivity index (χ2v) is 9.69. The van der Waals surface area contributed by atoms with Crippen molar-refractivity contribution < 1.29 is 22.4 Å². The molecule has 3 aromatic rings. The molecule has 170 valence electrons. The summed E-state index contributed by atoms with van der Waals surface area (Å²) in [7, 11) is -3.53. The van der Waals surface area contributed by atoms with Gasteiger partial charge in [-0.3, -0.25) is 4.79 Å². The van der Waals surface area contributed by atoms with Crippen LogP contribution >= 0.6 is 0 Å². The van der Waals surface area contributed by atoms with Crippen LogP contribution in [0.2, 0.25) is 0 Å². The van der Waals surface area contributed by atoms with Gasteiger partial charge < -0.3 is 14.5 Å². The van der Waals surface area contributed by atoms with E-state index in [1.54, 1.807) is 61.5 Å². The maximum atomic E-state index is 12.6. The third kappa shape index (κ3) is 6.27. The van der Waals surface area contributed by atoms with E-state index in [9.17, 15) is 13.2 Å². The molecule has 1 heterocycles. The maximum Gasteiger partial charge on any atom is 0.251 e. The Morgan fingerprint density at radius 2 is 1.78 bits per heavy atom. The number of nitrogens with zero attached hydrogens (tertiary/aromatic N) is 1. The van der Waals surface area contributed by atoms with Gasteiger partial charge in [0.05, 0.1) is 16.7 Å². The van der Waals surface area contributed by atoms with Crippen LogP contribution in [0.1, 0.15) is 42.1 Å². The molecule has 32 heavy (non-hydrogen) atoms. The normalized spacial score (nSPS) is 11.6. The highest BCUT2D eigenvalue weighted by Gasteiger charge is 2.21. The van der Waals surface area contributed by atoms with Crippen LogP contribution in [0.15, 0.2) is 63.9 Å². The summed E-state index contributed by atoms with van der Waals surface area (Å²) < 4.78 is 36.5. The van der Waals surface area contributed by atoms with E-state index in [0.29, 0.717) is 41.6 Å². The number of carbonyl (C=O) groups is 1. The summed E-state index contributed by atoms with van der Waals surface area (Å²) in [5.41, 5.74) is 1.56. The van der Waals surface area contributed by atoms with E-state index >= 15 is 0 Å². The smallest absolute Gasteiger partial charge is 0.251 e. The number of aryl methyl sites for hydroxylation is 1. The summed E-state index contributed by atoms with van der Waals surface area (Å²) in [6.07, 6.45) is 0.919. The first-order chi connectivity index (χ1) is 15.3. The average molecular weight is 457 g/mol. The van der Waals surface area contributed by atoms with Gasteiger partial charge in [0.15, 0.2) is 9.84 Å². The predicted octanol–water partition coefficient (Wildman–Crippen LogP) is 4.17. The van der Waals surface area contributed by atoms with E-state index in [4.69, 9.17) is 9.15 Å². The minimum Gasteiger partial charge on any atom is -0.441 e. The lowest BCUT2D eigenvalue weighted by Gasteiger charge is -2.08. The largest absolute Gasteiger partial charge is 0.441 e. The van der Waals surface area contributed by atoms with Gasteiger partial charge in [0.25, 0.3) is 5.91 Å². The molecule has 0 aliphatic carbocycles. The van der Waals surface area contributed by atoms with Crippen LogP contribution in [0.25, 0.3) is 11.5 Å². The van der Waals surface area contributed by atoms with Crippen molar-refractivity contribution in [2.45, 2.75) is 43.9 Å². The topological polar surface area (TPSA) is 98.5 Å². The number of carbonyl (C=O) groups excluding carboxylic acids is 1. The summed E-state index contributed by atoms with van der Waals surface area (Å²) in [4.78, 5) is 16.9. The molecule has 0 aliphatic heterocycles. The minimum atomic E-state index is -3.53. The number of rotatable bonds is 10. The molecule has 0 radical (unpaired) electrons. The van der Waals surface area contributed by atoms with Crippen molar-refractivity contribution in [1.29, 1.82) is 0 Å². The fourth-order valence-corrected chi connectivity index (χ4v) is 4.40. The summed E-state index contributed by atoms with van der Waals surface area (Å²) in [6.45, 7) is 6.77. The van der Waals surface area contributed by atoms with Gasteiger partial charge in [-0.1, -0.05) is 18.2 Å². The zero-order valence-electron chi connectivity index (χ0n) is 18.5. The Balaban J connectivity index is 1.64. The van der Waals surface area contributed by atoms with Crippen molar-refractivity contribution in [1.82, 2.24) is 10.3 Å². The Hall–Kier alpha value is -2.97. The Kier molecular flexibility index (Phi) is 7.82. The lowest BCUT2D eigenvalue weighted by Crippen LogP contribution is -2.25. The molecule has 8 heteroatoms. The second-order valence-electron chi connectivity index (χ2n) is 7.70. The molecule has 2 aromatic carbocycles. The molecule has 3 rings (SSSR count). The van der Waals surface area contributed by atoms with Crippen LogP contribution in [0.4, 0.5) is 0 Å². The second kappa shape index (κ2) is 10.6. The van der Waals surface area contributed by atoms with E-state index < -0.39 is 9.84 Å². The van der Waals surface area contributed by atoms with Crippen LogP contribution in [-0.4, -0.2) is 38.6 Å².